The van der Waals surface area contributed by atoms with Crippen molar-refractivity contribution >= 4 is 23.1 Å². The molecule has 0 atom stereocenters. The molecule has 176 valence electrons. The first-order chi connectivity index (χ1) is 15.4. The van der Waals surface area contributed by atoms with Crippen LogP contribution in [-0.2, 0) is 16.4 Å². The molecule has 1 fully saturated rings. The maximum absolute atomic E-state index is 13.1. The number of hydrogen-bond donors (Lipinski definition) is 2. The van der Waals surface area contributed by atoms with Crippen molar-refractivity contribution in [3.05, 3.63) is 41.7 Å². The van der Waals surface area contributed by atoms with Crippen molar-refractivity contribution in [3.63, 3.8) is 0 Å². The minimum Gasteiger partial charge on any atom is -0.506 e. The van der Waals surface area contributed by atoms with E-state index in [0.717, 1.165) is 5.56 Å². The number of nitrogens with one attached hydrogen (secondary N) is 1. The lowest BCUT2D eigenvalue weighted by Gasteiger charge is -2.32. The van der Waals surface area contributed by atoms with Crippen molar-refractivity contribution in [2.45, 2.75) is 45.2 Å². The highest BCUT2D eigenvalue weighted by Gasteiger charge is 2.38. The predicted molar refractivity (Wildman–Crippen MR) is 116 cm³/mol. The normalized spacial score (nSPS) is 15.8. The predicted octanol–water partition coefficient (Wildman–Crippen LogP) is 4.00. The second-order valence-corrected chi connectivity index (χ2v) is 9.22. The number of aromatic hydroxyl groups is 1. The Kier molecular flexibility index (Phi) is 5.67. The number of phenols is 1. The van der Waals surface area contributed by atoms with E-state index >= 15 is 0 Å². The first-order valence-electron chi connectivity index (χ1n) is 10.6. The highest BCUT2D eigenvalue weighted by molar-refractivity contribution is 5.94. The molecule has 11 heteroatoms. The number of carbonyl (C=O) groups excluding carboxylic acids is 1. The van der Waals surface area contributed by atoms with Gasteiger partial charge in [0, 0.05) is 19.0 Å². The first kappa shape index (κ1) is 22.8. The molecule has 33 heavy (non-hydrogen) atoms. The maximum atomic E-state index is 13.1. The van der Waals surface area contributed by atoms with E-state index in [1.807, 2.05) is 31.7 Å². The molecule has 1 aliphatic heterocycles. The summed E-state index contributed by atoms with van der Waals surface area (Å²) in [7, 11) is 0. The highest BCUT2D eigenvalue weighted by atomic mass is 19.4. The average molecular weight is 462 g/mol. The number of anilines is 2. The molecular formula is C22H25F3N6O2. The van der Waals surface area contributed by atoms with Gasteiger partial charge in [0.1, 0.15) is 11.6 Å². The van der Waals surface area contributed by atoms with Crippen molar-refractivity contribution < 1.29 is 23.1 Å². The number of hydrogen-bond acceptors (Lipinski definition) is 6. The molecule has 3 aromatic rings. The highest BCUT2D eigenvalue weighted by Crippen LogP contribution is 2.32. The minimum absolute atomic E-state index is 0.000647. The molecule has 0 spiro atoms. The molecule has 1 amide bonds. The van der Waals surface area contributed by atoms with Crippen LogP contribution >= 0.6 is 0 Å². The first-order valence-corrected chi connectivity index (χ1v) is 10.6. The lowest BCUT2D eigenvalue weighted by atomic mass is 9.86. The number of rotatable bonds is 3. The Morgan fingerprint density at radius 2 is 1.79 bits per heavy atom. The molecule has 0 radical (unpaired) electrons. The summed E-state index contributed by atoms with van der Waals surface area (Å²) in [5.74, 6) is -1.30. The molecule has 2 aromatic heterocycles. The minimum atomic E-state index is -4.66. The van der Waals surface area contributed by atoms with Crippen molar-refractivity contribution in [3.8, 4) is 5.75 Å². The Morgan fingerprint density at radius 3 is 2.42 bits per heavy atom. The summed E-state index contributed by atoms with van der Waals surface area (Å²) in [5, 5.41) is 23.8. The van der Waals surface area contributed by atoms with Gasteiger partial charge in [0.25, 0.3) is 5.82 Å². The van der Waals surface area contributed by atoms with Gasteiger partial charge < -0.3 is 15.3 Å². The standard InChI is InChI=1S/C22H25F3N6O2/c1-21(2,3)14-4-5-16(32)15(12-14)26-19(33)13-8-10-30(11-9-13)18-7-6-17-27-28-20(22(23,24)25)31(17)29-18/h4-7,12-13,32H,8-11H2,1-3H3,(H,26,33). The smallest absolute Gasteiger partial charge is 0.453 e. The summed E-state index contributed by atoms with van der Waals surface area (Å²) in [6.07, 6.45) is -3.66. The lowest BCUT2D eigenvalue weighted by Crippen LogP contribution is -2.38. The van der Waals surface area contributed by atoms with Crippen LogP contribution in [0.1, 0.15) is 45.0 Å². The monoisotopic (exact) mass is 462 g/mol. The number of phenolic OH excluding ortho intramolecular Hbond substituents is 1. The molecule has 0 bridgehead atoms. The number of nitrogens with zero attached hydrogens (tertiary/aromatic N) is 5. The fourth-order valence-corrected chi connectivity index (χ4v) is 3.83. The van der Waals surface area contributed by atoms with Crippen molar-refractivity contribution in [2.75, 3.05) is 23.3 Å². The van der Waals surface area contributed by atoms with Crippen molar-refractivity contribution in [1.29, 1.82) is 0 Å². The van der Waals surface area contributed by atoms with Gasteiger partial charge >= 0.3 is 6.18 Å². The second-order valence-electron chi connectivity index (χ2n) is 9.22. The van der Waals surface area contributed by atoms with Gasteiger partial charge in [-0.05, 0) is 48.1 Å². The van der Waals surface area contributed by atoms with Gasteiger partial charge in [-0.15, -0.1) is 15.3 Å². The topological polar surface area (TPSA) is 95.7 Å². The van der Waals surface area contributed by atoms with Crippen LogP contribution in [0, 0.1) is 5.92 Å². The Morgan fingerprint density at radius 1 is 1.09 bits per heavy atom. The fourth-order valence-electron chi connectivity index (χ4n) is 3.83. The third kappa shape index (κ3) is 4.71. The quantitative estimate of drug-likeness (QED) is 0.572. The van der Waals surface area contributed by atoms with Crippen LogP contribution in [0.4, 0.5) is 24.7 Å². The molecule has 1 aliphatic rings. The number of benzene rings is 1. The fraction of sp³-hybridized carbons (Fsp3) is 0.455. The van der Waals surface area contributed by atoms with Crippen molar-refractivity contribution in [1.82, 2.24) is 19.8 Å². The van der Waals surface area contributed by atoms with Gasteiger partial charge in [-0.1, -0.05) is 26.8 Å². The van der Waals surface area contributed by atoms with E-state index in [2.05, 4.69) is 20.6 Å². The van der Waals surface area contributed by atoms with Gasteiger partial charge in [0.05, 0.1) is 5.69 Å². The molecule has 0 saturated carbocycles. The SMILES string of the molecule is CC(C)(C)c1ccc(O)c(NC(=O)C2CCN(c3ccc4nnc(C(F)(F)F)n4n3)CC2)c1. The third-order valence-electron chi connectivity index (χ3n) is 5.81. The molecule has 0 aliphatic carbocycles. The van der Waals surface area contributed by atoms with Gasteiger partial charge in [-0.25, -0.2) is 0 Å². The number of aromatic nitrogens is 4. The van der Waals surface area contributed by atoms with E-state index in [1.54, 1.807) is 18.2 Å². The van der Waals surface area contributed by atoms with Crippen LogP contribution in [0.5, 0.6) is 5.75 Å². The van der Waals surface area contributed by atoms with Gasteiger partial charge in [-0.3, -0.25) is 4.79 Å². The number of amides is 1. The zero-order valence-corrected chi connectivity index (χ0v) is 18.5. The van der Waals surface area contributed by atoms with Crippen LogP contribution in [0.3, 0.4) is 0 Å². The largest absolute Gasteiger partial charge is 0.506 e. The van der Waals surface area contributed by atoms with E-state index < -0.39 is 12.0 Å². The summed E-state index contributed by atoms with van der Waals surface area (Å²) in [4.78, 5) is 14.7. The third-order valence-corrected chi connectivity index (χ3v) is 5.81. The van der Waals surface area contributed by atoms with E-state index in [0.29, 0.717) is 42.0 Å². The van der Waals surface area contributed by atoms with E-state index in [-0.39, 0.29) is 28.6 Å². The second kappa shape index (κ2) is 8.20. The molecule has 3 heterocycles. The van der Waals surface area contributed by atoms with E-state index in [9.17, 15) is 23.1 Å². The van der Waals surface area contributed by atoms with E-state index in [1.165, 1.54) is 6.07 Å². The number of piperidine rings is 1. The Hall–Kier alpha value is -3.37. The number of fused-ring (bicyclic) bond motifs is 1. The van der Waals surface area contributed by atoms with Crippen LogP contribution < -0.4 is 10.2 Å². The summed E-state index contributed by atoms with van der Waals surface area (Å²) < 4.78 is 40.1. The number of carbonyl (C=O) groups is 1. The molecule has 1 aromatic carbocycles. The summed E-state index contributed by atoms with van der Waals surface area (Å²) >= 11 is 0. The summed E-state index contributed by atoms with van der Waals surface area (Å²) in [6, 6.07) is 8.21. The zero-order valence-electron chi connectivity index (χ0n) is 18.5. The Bertz CT molecular complexity index is 1180. The van der Waals surface area contributed by atoms with Crippen LogP contribution in [0.25, 0.3) is 5.65 Å². The van der Waals surface area contributed by atoms with E-state index in [4.69, 9.17) is 0 Å². The molecule has 2 N–H and O–H groups in total. The van der Waals surface area contributed by atoms with Gasteiger partial charge in [0.2, 0.25) is 5.91 Å². The maximum Gasteiger partial charge on any atom is 0.453 e. The lowest BCUT2D eigenvalue weighted by molar-refractivity contribution is -0.146. The Labute approximate surface area is 188 Å². The van der Waals surface area contributed by atoms with Gasteiger partial charge in [0.15, 0.2) is 5.65 Å². The molecule has 4 rings (SSSR count). The summed E-state index contributed by atoms with van der Waals surface area (Å²) in [5.41, 5.74) is 1.23. The average Bonchev–Trinajstić information content (AvgIpc) is 3.18. The van der Waals surface area contributed by atoms with Crippen molar-refractivity contribution in [2.24, 2.45) is 5.92 Å². The van der Waals surface area contributed by atoms with Crippen LogP contribution in [-0.4, -0.2) is 43.9 Å². The van der Waals surface area contributed by atoms with Gasteiger partial charge in [-0.2, -0.15) is 17.7 Å². The van der Waals surface area contributed by atoms with Crippen LogP contribution in [0.2, 0.25) is 0 Å². The van der Waals surface area contributed by atoms with Crippen LogP contribution in [0.15, 0.2) is 30.3 Å². The molecule has 8 nitrogen and oxygen atoms in total. The summed E-state index contributed by atoms with van der Waals surface area (Å²) in [6.45, 7) is 7.04. The molecule has 0 unspecified atom stereocenters. The zero-order chi connectivity index (χ0) is 24.0. The number of halogens is 3. The number of alkyl halides is 3. The molecular weight excluding hydrogens is 437 g/mol. The molecule has 1 saturated heterocycles. The Balaban J connectivity index is 1.44.